The fourth-order valence-corrected chi connectivity index (χ4v) is 2.91. The number of anilines is 1. The van der Waals surface area contributed by atoms with Gasteiger partial charge in [0.05, 0.1) is 0 Å². The third-order valence-electron chi connectivity index (χ3n) is 4.28. The van der Waals surface area contributed by atoms with E-state index in [-0.39, 0.29) is 12.5 Å². The van der Waals surface area contributed by atoms with Crippen molar-refractivity contribution in [3.05, 3.63) is 35.9 Å². The van der Waals surface area contributed by atoms with E-state index in [9.17, 15) is 14.4 Å². The number of rotatable bonds is 7. The summed E-state index contributed by atoms with van der Waals surface area (Å²) in [5, 5.41) is 19.4. The second kappa shape index (κ2) is 10.2. The van der Waals surface area contributed by atoms with Crippen molar-refractivity contribution in [1.82, 2.24) is 15.7 Å². The average Bonchev–Trinajstić information content (AvgIpc) is 2.69. The molecule has 0 atom stereocenters. The highest BCUT2D eigenvalue weighted by molar-refractivity contribution is 5.91. The molecule has 1 heterocycles. The Labute approximate surface area is 157 Å². The van der Waals surface area contributed by atoms with Crippen LogP contribution >= 0.6 is 0 Å². The Hall–Kier alpha value is -3.07. The molecule has 1 fully saturated rings. The van der Waals surface area contributed by atoms with Crippen LogP contribution in [0.3, 0.4) is 0 Å². The van der Waals surface area contributed by atoms with Gasteiger partial charge in [-0.15, -0.1) is 0 Å². The molecule has 1 saturated heterocycles. The van der Waals surface area contributed by atoms with E-state index < -0.39 is 12.0 Å². The second-order valence-corrected chi connectivity index (χ2v) is 6.07. The van der Waals surface area contributed by atoms with Gasteiger partial charge in [0.25, 0.3) is 5.91 Å². The zero-order valence-corrected chi connectivity index (χ0v) is 14.9. The number of carbonyl (C=O) groups excluding carboxylic acids is 2. The molecule has 0 spiro atoms. The highest BCUT2D eigenvalue weighted by Gasteiger charge is 2.21. The molecule has 4 N–H and O–H groups in total. The lowest BCUT2D eigenvalue weighted by atomic mass is 10.1. The molecule has 3 amide bonds. The first-order valence-corrected chi connectivity index (χ1v) is 8.72. The topological polar surface area (TPSA) is 122 Å². The number of hydrogen-bond acceptors (Lipinski definition) is 5. The van der Waals surface area contributed by atoms with Crippen LogP contribution in [-0.2, 0) is 9.59 Å². The van der Waals surface area contributed by atoms with Gasteiger partial charge in [-0.05, 0) is 24.1 Å². The maximum absolute atomic E-state index is 12.2. The van der Waals surface area contributed by atoms with Gasteiger partial charge in [-0.25, -0.2) is 10.3 Å². The molecule has 0 unspecified atom stereocenters. The number of amides is 3. The van der Waals surface area contributed by atoms with Gasteiger partial charge in [0.2, 0.25) is 5.91 Å². The van der Waals surface area contributed by atoms with Crippen LogP contribution in [0.15, 0.2) is 30.3 Å². The molecule has 0 aliphatic carbocycles. The largest absolute Gasteiger partial charge is 0.465 e. The number of hydrogen-bond donors (Lipinski definition) is 4. The van der Waals surface area contributed by atoms with Gasteiger partial charge in [0, 0.05) is 50.9 Å². The maximum Gasteiger partial charge on any atom is 0.404 e. The zero-order chi connectivity index (χ0) is 19.6. The van der Waals surface area contributed by atoms with Gasteiger partial charge >= 0.3 is 6.09 Å². The molecule has 0 saturated carbocycles. The highest BCUT2D eigenvalue weighted by Crippen LogP contribution is 2.23. The standard InChI is InChI=1S/C18H24N4O5/c23-16(20-27)8-7-14-4-1-2-5-15(14)21-10-12-22(13-11-21)17(24)6-3-9-19-18(25)26/h1-2,4-5,7-8,19,27H,3,6,9-13H2,(H,20,23)(H,25,26)/b8-7+. The van der Waals surface area contributed by atoms with Crippen LogP contribution in [0.1, 0.15) is 18.4 Å². The summed E-state index contributed by atoms with van der Waals surface area (Å²) < 4.78 is 0. The molecule has 1 aliphatic heterocycles. The average molecular weight is 376 g/mol. The molecule has 9 nitrogen and oxygen atoms in total. The van der Waals surface area contributed by atoms with Gasteiger partial charge in [-0.2, -0.15) is 0 Å². The van der Waals surface area contributed by atoms with E-state index in [1.54, 1.807) is 16.5 Å². The summed E-state index contributed by atoms with van der Waals surface area (Å²) in [6.07, 6.45) is 2.60. The van der Waals surface area contributed by atoms with E-state index in [0.29, 0.717) is 39.0 Å². The Morgan fingerprint density at radius 2 is 1.81 bits per heavy atom. The highest BCUT2D eigenvalue weighted by atomic mass is 16.5. The molecule has 1 aliphatic rings. The molecule has 1 aromatic rings. The Balaban J connectivity index is 1.88. The number of nitrogens with one attached hydrogen (secondary N) is 2. The van der Waals surface area contributed by atoms with Crippen LogP contribution in [0.4, 0.5) is 10.5 Å². The van der Waals surface area contributed by atoms with E-state index >= 15 is 0 Å². The normalized spacial score (nSPS) is 14.3. The van der Waals surface area contributed by atoms with Crippen molar-refractivity contribution in [2.24, 2.45) is 0 Å². The first kappa shape index (κ1) is 20.2. The summed E-state index contributed by atoms with van der Waals surface area (Å²) in [6.45, 7) is 2.76. The summed E-state index contributed by atoms with van der Waals surface area (Å²) in [5.74, 6) is -0.577. The third kappa shape index (κ3) is 6.30. The van der Waals surface area contributed by atoms with Gasteiger partial charge in [-0.3, -0.25) is 14.8 Å². The molecule has 0 radical (unpaired) electrons. The van der Waals surface area contributed by atoms with E-state index in [1.165, 1.54) is 6.08 Å². The van der Waals surface area contributed by atoms with Crippen LogP contribution < -0.4 is 15.7 Å². The van der Waals surface area contributed by atoms with E-state index in [1.807, 2.05) is 24.3 Å². The minimum atomic E-state index is -1.08. The number of para-hydroxylation sites is 1. The van der Waals surface area contributed by atoms with Crippen molar-refractivity contribution in [2.75, 3.05) is 37.6 Å². The molecule has 27 heavy (non-hydrogen) atoms. The first-order valence-electron chi connectivity index (χ1n) is 8.72. The van der Waals surface area contributed by atoms with Crippen molar-refractivity contribution in [3.8, 4) is 0 Å². The molecular weight excluding hydrogens is 352 g/mol. The third-order valence-corrected chi connectivity index (χ3v) is 4.28. The number of nitrogens with zero attached hydrogens (tertiary/aromatic N) is 2. The smallest absolute Gasteiger partial charge is 0.404 e. The lowest BCUT2D eigenvalue weighted by Crippen LogP contribution is -2.49. The molecule has 9 heteroatoms. The number of carboxylic acid groups (broad SMARTS) is 1. The Morgan fingerprint density at radius 1 is 1.11 bits per heavy atom. The molecule has 0 aromatic heterocycles. The van der Waals surface area contributed by atoms with Crippen molar-refractivity contribution in [2.45, 2.75) is 12.8 Å². The maximum atomic E-state index is 12.2. The molecule has 0 bridgehead atoms. The number of carbonyl (C=O) groups is 3. The molecular formula is C18H24N4O5. The van der Waals surface area contributed by atoms with Crippen LogP contribution in [0.5, 0.6) is 0 Å². The summed E-state index contributed by atoms with van der Waals surface area (Å²) in [6, 6.07) is 7.60. The Kier molecular flexibility index (Phi) is 7.63. The van der Waals surface area contributed by atoms with Crippen LogP contribution in [0.2, 0.25) is 0 Å². The monoisotopic (exact) mass is 376 g/mol. The minimum Gasteiger partial charge on any atom is -0.465 e. The second-order valence-electron chi connectivity index (χ2n) is 6.07. The quantitative estimate of drug-likeness (QED) is 0.243. The van der Waals surface area contributed by atoms with Gasteiger partial charge < -0.3 is 20.2 Å². The zero-order valence-electron chi connectivity index (χ0n) is 14.9. The summed E-state index contributed by atoms with van der Waals surface area (Å²) in [7, 11) is 0. The summed E-state index contributed by atoms with van der Waals surface area (Å²) in [5.41, 5.74) is 3.36. The summed E-state index contributed by atoms with van der Waals surface area (Å²) >= 11 is 0. The summed E-state index contributed by atoms with van der Waals surface area (Å²) in [4.78, 5) is 37.7. The minimum absolute atomic E-state index is 0.0228. The first-order chi connectivity index (χ1) is 13.0. The molecule has 146 valence electrons. The van der Waals surface area contributed by atoms with Crippen molar-refractivity contribution in [3.63, 3.8) is 0 Å². The van der Waals surface area contributed by atoms with Crippen LogP contribution in [-0.4, -0.2) is 65.8 Å². The van der Waals surface area contributed by atoms with Gasteiger partial charge in [-0.1, -0.05) is 18.2 Å². The van der Waals surface area contributed by atoms with Gasteiger partial charge in [0.15, 0.2) is 0 Å². The fourth-order valence-electron chi connectivity index (χ4n) is 2.91. The molecule has 1 aromatic carbocycles. The van der Waals surface area contributed by atoms with Crippen LogP contribution in [0.25, 0.3) is 6.08 Å². The molecule has 2 rings (SSSR count). The van der Waals surface area contributed by atoms with Gasteiger partial charge in [0.1, 0.15) is 0 Å². The Bertz CT molecular complexity index is 699. The number of benzene rings is 1. The lowest BCUT2D eigenvalue weighted by Gasteiger charge is -2.37. The SMILES string of the molecule is O=C(O)NCCCC(=O)N1CCN(c2ccccc2/C=C/C(=O)NO)CC1. The van der Waals surface area contributed by atoms with Crippen molar-refractivity contribution >= 4 is 29.7 Å². The predicted octanol–water partition coefficient (Wildman–Crippen LogP) is 0.902. The van der Waals surface area contributed by atoms with E-state index in [2.05, 4.69) is 10.2 Å². The fraction of sp³-hybridized carbons (Fsp3) is 0.389. The predicted molar refractivity (Wildman–Crippen MR) is 99.5 cm³/mol. The van der Waals surface area contributed by atoms with Crippen molar-refractivity contribution < 1.29 is 24.7 Å². The number of hydroxylamine groups is 1. The van der Waals surface area contributed by atoms with Crippen LogP contribution in [0, 0.1) is 0 Å². The lowest BCUT2D eigenvalue weighted by molar-refractivity contribution is -0.131. The van der Waals surface area contributed by atoms with E-state index in [0.717, 1.165) is 11.3 Å². The Morgan fingerprint density at radius 3 is 2.48 bits per heavy atom. The van der Waals surface area contributed by atoms with E-state index in [4.69, 9.17) is 10.3 Å². The number of piperazine rings is 1. The van der Waals surface area contributed by atoms with Crippen molar-refractivity contribution in [1.29, 1.82) is 0 Å².